The van der Waals surface area contributed by atoms with E-state index in [1.54, 1.807) is 0 Å². The lowest BCUT2D eigenvalue weighted by atomic mass is 10.3. The number of nitrogens with zero attached hydrogens (tertiary/aromatic N) is 4. The molecule has 0 aliphatic rings. The van der Waals surface area contributed by atoms with Gasteiger partial charge in [-0.15, -0.1) is 0 Å². The maximum Gasteiger partial charge on any atom is 0.286 e. The highest BCUT2D eigenvalue weighted by molar-refractivity contribution is 4.77. The molecule has 0 saturated carbocycles. The summed E-state index contributed by atoms with van der Waals surface area (Å²) in [6, 6.07) is 3.75. The first-order valence-corrected chi connectivity index (χ1v) is 5.28. The smallest absolute Gasteiger partial charge is 0.286 e. The molecule has 0 aromatic heterocycles. The summed E-state index contributed by atoms with van der Waals surface area (Å²) in [6.45, 7) is -0.566. The lowest BCUT2D eigenvalue weighted by molar-refractivity contribution is -0.268. The van der Waals surface area contributed by atoms with Crippen molar-refractivity contribution in [3.05, 3.63) is 0 Å². The molecule has 0 aromatic rings. The third-order valence-corrected chi connectivity index (χ3v) is 1.87. The minimum absolute atomic E-state index is 0.0205. The van der Waals surface area contributed by atoms with Crippen LogP contribution >= 0.6 is 0 Å². The van der Waals surface area contributed by atoms with E-state index in [9.17, 15) is 0 Å². The molecule has 0 unspecified atom stereocenters. The molecular formula is C11H12N4O4. The summed E-state index contributed by atoms with van der Waals surface area (Å²) in [5, 5.41) is 33.7. The Morgan fingerprint density at radius 1 is 0.737 bits per heavy atom. The molecule has 0 saturated heterocycles. The van der Waals surface area contributed by atoms with Gasteiger partial charge in [0.2, 0.25) is 5.79 Å². The van der Waals surface area contributed by atoms with Crippen LogP contribution in [0.1, 0.15) is 12.8 Å². The Kier molecular flexibility index (Phi) is 9.21. The van der Waals surface area contributed by atoms with E-state index in [0.717, 1.165) is 0 Å². The highest BCUT2D eigenvalue weighted by Gasteiger charge is 2.35. The van der Waals surface area contributed by atoms with E-state index in [1.807, 2.05) is 12.1 Å². The van der Waals surface area contributed by atoms with Crippen LogP contribution in [-0.4, -0.2) is 32.2 Å². The Labute approximate surface area is 110 Å². The fourth-order valence-corrected chi connectivity index (χ4v) is 1.10. The predicted octanol–water partition coefficient (Wildman–Crippen LogP) is 0.539. The normalized spacial score (nSPS) is 9.47. The Morgan fingerprint density at radius 3 is 1.47 bits per heavy atom. The maximum atomic E-state index is 8.45. The topological polar surface area (TPSA) is 132 Å². The molecule has 0 amide bonds. The third kappa shape index (κ3) is 7.41. The van der Waals surface area contributed by atoms with Gasteiger partial charge in [0.15, 0.2) is 13.2 Å². The van der Waals surface area contributed by atoms with Crippen LogP contribution in [0.4, 0.5) is 0 Å². The van der Waals surface area contributed by atoms with Gasteiger partial charge in [-0.2, -0.15) is 21.0 Å². The minimum Gasteiger partial charge on any atom is -0.422 e. The monoisotopic (exact) mass is 264 g/mol. The van der Waals surface area contributed by atoms with Crippen LogP contribution in [-0.2, 0) is 18.9 Å². The van der Waals surface area contributed by atoms with Crippen LogP contribution in [0.15, 0.2) is 0 Å². The van der Waals surface area contributed by atoms with Gasteiger partial charge < -0.3 is 18.9 Å². The second-order valence-electron chi connectivity index (χ2n) is 3.18. The Balaban J connectivity index is 4.66. The minimum atomic E-state index is -1.49. The molecule has 0 aromatic carbocycles. The van der Waals surface area contributed by atoms with Crippen molar-refractivity contribution >= 4 is 0 Å². The zero-order valence-corrected chi connectivity index (χ0v) is 10.2. The van der Waals surface area contributed by atoms with Crippen molar-refractivity contribution in [2.75, 3.05) is 26.4 Å². The fraction of sp³-hybridized carbons (Fsp3) is 0.636. The molecule has 0 N–H and O–H groups in total. The standard InChI is InChI=1S/C11H12N4O4/c12-3-1-5-18-11(7-16-9-14,8-17-10-15)19-6-2-4-13/h1-2,5-8H2. The molecule has 19 heavy (non-hydrogen) atoms. The largest absolute Gasteiger partial charge is 0.422 e. The van der Waals surface area contributed by atoms with Crippen molar-refractivity contribution < 1.29 is 18.9 Å². The third-order valence-electron chi connectivity index (χ3n) is 1.87. The summed E-state index contributed by atoms with van der Waals surface area (Å²) < 4.78 is 19.7. The van der Waals surface area contributed by atoms with Crippen LogP contribution in [0.5, 0.6) is 0 Å². The second-order valence-corrected chi connectivity index (χ2v) is 3.18. The van der Waals surface area contributed by atoms with Crippen LogP contribution in [0.2, 0.25) is 0 Å². The first kappa shape index (κ1) is 16.5. The number of hydrogen-bond acceptors (Lipinski definition) is 8. The van der Waals surface area contributed by atoms with Gasteiger partial charge >= 0.3 is 0 Å². The Morgan fingerprint density at radius 2 is 1.16 bits per heavy atom. The summed E-state index contributed by atoms with van der Waals surface area (Å²) >= 11 is 0. The van der Waals surface area contributed by atoms with Gasteiger partial charge in [-0.1, -0.05) is 0 Å². The molecule has 0 spiro atoms. The summed E-state index contributed by atoms with van der Waals surface area (Å²) in [4.78, 5) is 0. The van der Waals surface area contributed by atoms with E-state index in [-0.39, 0.29) is 39.3 Å². The fourth-order valence-electron chi connectivity index (χ4n) is 1.10. The van der Waals surface area contributed by atoms with Gasteiger partial charge in [0.1, 0.15) is 0 Å². The summed E-state index contributed by atoms with van der Waals surface area (Å²) in [7, 11) is 0. The molecule has 0 atom stereocenters. The first-order chi connectivity index (χ1) is 9.24. The molecule has 0 fully saturated rings. The van der Waals surface area contributed by atoms with Gasteiger partial charge in [-0.3, -0.25) is 0 Å². The average Bonchev–Trinajstić information content (AvgIpc) is 2.43. The first-order valence-electron chi connectivity index (χ1n) is 5.28. The van der Waals surface area contributed by atoms with Crippen LogP contribution in [0.3, 0.4) is 0 Å². The molecule has 8 heteroatoms. The molecule has 0 radical (unpaired) electrons. The number of nitriles is 4. The zero-order valence-electron chi connectivity index (χ0n) is 10.2. The van der Waals surface area contributed by atoms with Crippen LogP contribution in [0.25, 0.3) is 0 Å². The van der Waals surface area contributed by atoms with Crippen LogP contribution < -0.4 is 0 Å². The number of hydrogen-bond donors (Lipinski definition) is 0. The lowest BCUT2D eigenvalue weighted by Crippen LogP contribution is -2.45. The number of ether oxygens (including phenoxy) is 4. The van der Waals surface area contributed by atoms with Crippen molar-refractivity contribution in [2.24, 2.45) is 0 Å². The van der Waals surface area contributed by atoms with Crippen molar-refractivity contribution in [1.82, 2.24) is 0 Å². The van der Waals surface area contributed by atoms with Gasteiger partial charge in [0.25, 0.3) is 12.5 Å². The zero-order chi connectivity index (χ0) is 14.4. The van der Waals surface area contributed by atoms with E-state index < -0.39 is 5.79 Å². The van der Waals surface area contributed by atoms with Gasteiger partial charge in [0, 0.05) is 0 Å². The summed E-state index contributed by atoms with van der Waals surface area (Å²) in [6.07, 6.45) is 3.10. The van der Waals surface area contributed by atoms with E-state index in [0.29, 0.717) is 0 Å². The molecular weight excluding hydrogens is 252 g/mol. The molecule has 8 nitrogen and oxygen atoms in total. The van der Waals surface area contributed by atoms with E-state index in [2.05, 4.69) is 9.47 Å². The van der Waals surface area contributed by atoms with Gasteiger partial charge in [0.05, 0.1) is 38.2 Å². The van der Waals surface area contributed by atoms with Crippen molar-refractivity contribution in [2.45, 2.75) is 18.6 Å². The second kappa shape index (κ2) is 10.6. The van der Waals surface area contributed by atoms with Crippen molar-refractivity contribution in [3.63, 3.8) is 0 Å². The van der Waals surface area contributed by atoms with Crippen LogP contribution in [0, 0.1) is 45.7 Å². The van der Waals surface area contributed by atoms with E-state index in [1.165, 1.54) is 12.5 Å². The average molecular weight is 264 g/mol. The number of rotatable bonds is 10. The van der Waals surface area contributed by atoms with Crippen molar-refractivity contribution in [1.29, 1.82) is 21.0 Å². The molecule has 0 bridgehead atoms. The molecule has 0 aliphatic heterocycles. The van der Waals surface area contributed by atoms with Gasteiger partial charge in [-0.25, -0.2) is 0 Å². The van der Waals surface area contributed by atoms with Gasteiger partial charge in [-0.05, 0) is 0 Å². The van der Waals surface area contributed by atoms with Crippen molar-refractivity contribution in [3.8, 4) is 24.6 Å². The predicted molar refractivity (Wildman–Crippen MR) is 58.2 cm³/mol. The molecule has 0 rings (SSSR count). The van der Waals surface area contributed by atoms with E-state index >= 15 is 0 Å². The lowest BCUT2D eigenvalue weighted by Gasteiger charge is -2.30. The quantitative estimate of drug-likeness (QED) is 0.317. The Bertz CT molecular complexity index is 372. The maximum absolute atomic E-state index is 8.45. The molecule has 0 heterocycles. The highest BCUT2D eigenvalue weighted by Crippen LogP contribution is 2.16. The highest BCUT2D eigenvalue weighted by atomic mass is 16.7. The summed E-state index contributed by atoms with van der Waals surface area (Å²) in [5.41, 5.74) is 0. The molecule has 0 aliphatic carbocycles. The summed E-state index contributed by atoms with van der Waals surface area (Å²) in [5.74, 6) is -1.49. The molecule has 100 valence electrons. The van der Waals surface area contributed by atoms with E-state index in [4.69, 9.17) is 30.5 Å². The Hall–Kier alpha value is -2.52. The SMILES string of the molecule is N#CCCOC(COC#N)(COC#N)OCCC#N.